The molecule has 5 nitrogen and oxygen atoms in total. The van der Waals surface area contributed by atoms with Gasteiger partial charge in [0.25, 0.3) is 0 Å². The van der Waals surface area contributed by atoms with Crippen LogP contribution in [0.15, 0.2) is 18.2 Å². The van der Waals surface area contributed by atoms with E-state index in [2.05, 4.69) is 16.3 Å². The molecule has 1 saturated heterocycles. The van der Waals surface area contributed by atoms with Crippen molar-refractivity contribution in [2.75, 3.05) is 37.7 Å². The van der Waals surface area contributed by atoms with E-state index in [4.69, 9.17) is 27.9 Å². The van der Waals surface area contributed by atoms with Gasteiger partial charge in [0.1, 0.15) is 17.3 Å². The van der Waals surface area contributed by atoms with E-state index in [1.165, 1.54) is 11.3 Å². The van der Waals surface area contributed by atoms with E-state index in [0.29, 0.717) is 64.5 Å². The lowest BCUT2D eigenvalue weighted by Gasteiger charge is -2.27. The number of halogens is 2. The molecule has 1 fully saturated rings. The Balaban J connectivity index is 2.19. The molecular weight excluding hydrogens is 393 g/mol. The Morgan fingerprint density at radius 3 is 2.73 bits per heavy atom. The monoisotopic (exact) mass is 411 g/mol. The molecule has 2 aromatic rings. The van der Waals surface area contributed by atoms with Gasteiger partial charge in [0.15, 0.2) is 0 Å². The molecule has 26 heavy (non-hydrogen) atoms. The quantitative estimate of drug-likeness (QED) is 0.726. The first-order valence-electron chi connectivity index (χ1n) is 8.33. The van der Waals surface area contributed by atoms with Gasteiger partial charge in [-0.25, -0.2) is 0 Å². The fourth-order valence-electron chi connectivity index (χ4n) is 2.97. The number of ether oxygens (including phenoxy) is 1. The average Bonchev–Trinajstić information content (AvgIpc) is 3.02. The van der Waals surface area contributed by atoms with Crippen molar-refractivity contribution in [3.8, 4) is 17.2 Å². The van der Waals surface area contributed by atoms with Crippen LogP contribution in [0, 0.1) is 11.3 Å². The van der Waals surface area contributed by atoms with E-state index < -0.39 is 6.23 Å². The molecule has 1 atom stereocenters. The Kier molecular flexibility index (Phi) is 6.41. The third-order valence-electron chi connectivity index (χ3n) is 4.17. The molecule has 0 amide bonds. The topological polar surface area (TPSA) is 68.5 Å². The fourth-order valence-corrected chi connectivity index (χ4v) is 4.75. The van der Waals surface area contributed by atoms with Crippen LogP contribution in [0.4, 0.5) is 5.00 Å². The number of nitrogens with one attached hydrogen (secondary N) is 1. The predicted molar refractivity (Wildman–Crippen MR) is 106 cm³/mol. The molecule has 1 aliphatic rings. The van der Waals surface area contributed by atoms with Crippen molar-refractivity contribution in [1.82, 2.24) is 5.32 Å². The highest BCUT2D eigenvalue weighted by molar-refractivity contribution is 7.17. The van der Waals surface area contributed by atoms with E-state index in [9.17, 15) is 10.4 Å². The highest BCUT2D eigenvalue weighted by atomic mass is 35.5. The summed E-state index contributed by atoms with van der Waals surface area (Å²) in [7, 11) is 0. The summed E-state index contributed by atoms with van der Waals surface area (Å²) in [4.78, 5) is 2.80. The van der Waals surface area contributed by atoms with Gasteiger partial charge in [0.2, 0.25) is 0 Å². The number of hydrogen-bond donors (Lipinski definition) is 2. The van der Waals surface area contributed by atoms with Crippen LogP contribution in [0.2, 0.25) is 10.0 Å². The van der Waals surface area contributed by atoms with Crippen LogP contribution in [0.25, 0.3) is 11.1 Å². The van der Waals surface area contributed by atoms with Gasteiger partial charge < -0.3 is 14.7 Å². The number of benzene rings is 1. The molecule has 0 bridgehead atoms. The van der Waals surface area contributed by atoms with Crippen molar-refractivity contribution in [2.45, 2.75) is 13.2 Å². The molecule has 0 radical (unpaired) electrons. The fraction of sp³-hybridized carbons (Fsp3) is 0.389. The molecular formula is C18H19Cl2N3O2S. The maximum Gasteiger partial charge on any atom is 0.141 e. The van der Waals surface area contributed by atoms with E-state index in [-0.39, 0.29) is 0 Å². The van der Waals surface area contributed by atoms with E-state index >= 15 is 0 Å². The van der Waals surface area contributed by atoms with Gasteiger partial charge in [0.05, 0.1) is 23.7 Å². The minimum atomic E-state index is -0.881. The molecule has 2 heterocycles. The van der Waals surface area contributed by atoms with E-state index in [0.717, 1.165) is 5.00 Å². The van der Waals surface area contributed by atoms with Crippen LogP contribution < -0.4 is 10.2 Å². The summed E-state index contributed by atoms with van der Waals surface area (Å²) in [6.07, 6.45) is -0.881. The summed E-state index contributed by atoms with van der Waals surface area (Å²) in [5, 5.41) is 25.3. The number of aliphatic hydroxyl groups is 1. The average molecular weight is 412 g/mol. The Morgan fingerprint density at radius 1 is 1.38 bits per heavy atom. The minimum absolute atomic E-state index is 0.449. The summed E-state index contributed by atoms with van der Waals surface area (Å²) < 4.78 is 5.42. The molecule has 2 N–H and O–H groups in total. The first-order chi connectivity index (χ1) is 12.6. The Hall–Kier alpha value is -1.33. The maximum atomic E-state index is 10.6. The Morgan fingerprint density at radius 2 is 2.12 bits per heavy atom. The largest absolute Gasteiger partial charge is 0.378 e. The third kappa shape index (κ3) is 3.84. The molecule has 8 heteroatoms. The standard InChI is InChI=1S/C18H19Cl2N3O2S/c1-2-22-17(24)16-15(12-4-3-11(19)9-14(12)20)13(10-21)18(26-16)23-5-7-25-8-6-23/h3-4,9,17,22,24H,2,5-8H2,1H3. The van der Waals surface area contributed by atoms with Gasteiger partial charge in [0, 0.05) is 34.3 Å². The van der Waals surface area contributed by atoms with Crippen LogP contribution in [0.5, 0.6) is 0 Å². The van der Waals surface area contributed by atoms with Crippen molar-refractivity contribution in [3.63, 3.8) is 0 Å². The first kappa shape index (κ1) is 19.4. The number of rotatable bonds is 5. The highest BCUT2D eigenvalue weighted by Gasteiger charge is 2.28. The van der Waals surface area contributed by atoms with Crippen molar-refractivity contribution >= 4 is 39.5 Å². The van der Waals surface area contributed by atoms with Crippen LogP contribution in [0.1, 0.15) is 23.6 Å². The van der Waals surface area contributed by atoms with Crippen molar-refractivity contribution < 1.29 is 9.84 Å². The number of nitrogens with zero attached hydrogens (tertiary/aromatic N) is 2. The summed E-state index contributed by atoms with van der Waals surface area (Å²) in [6.45, 7) is 5.16. The summed E-state index contributed by atoms with van der Waals surface area (Å²) in [5.41, 5.74) is 1.87. The number of thiophene rings is 1. The van der Waals surface area contributed by atoms with Crippen molar-refractivity contribution in [2.24, 2.45) is 0 Å². The lowest BCUT2D eigenvalue weighted by atomic mass is 10.0. The lowest BCUT2D eigenvalue weighted by Crippen LogP contribution is -2.36. The molecule has 1 unspecified atom stereocenters. The SMILES string of the molecule is CCNC(O)c1sc(N2CCOCC2)c(C#N)c1-c1ccc(Cl)cc1Cl. The van der Waals surface area contributed by atoms with Gasteiger partial charge in [-0.2, -0.15) is 5.26 Å². The molecule has 0 spiro atoms. The molecule has 1 aromatic carbocycles. The number of anilines is 1. The van der Waals surface area contributed by atoms with Crippen LogP contribution >= 0.6 is 34.5 Å². The second-order valence-electron chi connectivity index (χ2n) is 5.82. The zero-order valence-corrected chi connectivity index (χ0v) is 16.6. The molecule has 3 rings (SSSR count). The van der Waals surface area contributed by atoms with Gasteiger partial charge in [-0.1, -0.05) is 36.2 Å². The number of nitriles is 1. The third-order valence-corrected chi connectivity index (χ3v) is 6.02. The number of aliphatic hydroxyl groups excluding tert-OH is 1. The van der Waals surface area contributed by atoms with E-state index in [1.54, 1.807) is 18.2 Å². The maximum absolute atomic E-state index is 10.6. The van der Waals surface area contributed by atoms with Crippen molar-refractivity contribution in [3.05, 3.63) is 38.7 Å². The van der Waals surface area contributed by atoms with Gasteiger partial charge >= 0.3 is 0 Å². The first-order valence-corrected chi connectivity index (χ1v) is 9.90. The second kappa shape index (κ2) is 8.57. The van der Waals surface area contributed by atoms with Crippen LogP contribution in [-0.2, 0) is 4.74 Å². The smallest absolute Gasteiger partial charge is 0.141 e. The lowest BCUT2D eigenvalue weighted by molar-refractivity contribution is 0.123. The van der Waals surface area contributed by atoms with Gasteiger partial charge in [-0.3, -0.25) is 5.32 Å². The Bertz CT molecular complexity index is 829. The molecule has 1 aliphatic heterocycles. The van der Waals surface area contributed by atoms with Gasteiger partial charge in [-0.05, 0) is 18.7 Å². The molecule has 0 aliphatic carbocycles. The number of morpholine rings is 1. The van der Waals surface area contributed by atoms with Crippen LogP contribution in [0.3, 0.4) is 0 Å². The predicted octanol–water partition coefficient (Wildman–Crippen LogP) is 4.03. The highest BCUT2D eigenvalue weighted by Crippen LogP contribution is 2.46. The summed E-state index contributed by atoms with van der Waals surface area (Å²) in [5.74, 6) is 0. The zero-order valence-electron chi connectivity index (χ0n) is 14.3. The van der Waals surface area contributed by atoms with E-state index in [1.807, 2.05) is 6.92 Å². The molecule has 0 saturated carbocycles. The van der Waals surface area contributed by atoms with Gasteiger partial charge in [-0.15, -0.1) is 11.3 Å². The molecule has 1 aromatic heterocycles. The van der Waals surface area contributed by atoms with Crippen molar-refractivity contribution in [1.29, 1.82) is 5.26 Å². The second-order valence-corrected chi connectivity index (χ2v) is 7.69. The zero-order chi connectivity index (χ0) is 18.7. The summed E-state index contributed by atoms with van der Waals surface area (Å²) in [6, 6.07) is 7.49. The minimum Gasteiger partial charge on any atom is -0.378 e. The molecule has 138 valence electrons. The number of hydrogen-bond acceptors (Lipinski definition) is 6. The van der Waals surface area contributed by atoms with Crippen LogP contribution in [-0.4, -0.2) is 38.0 Å². The summed E-state index contributed by atoms with van der Waals surface area (Å²) >= 11 is 13.9. The normalized spacial score (nSPS) is 15.7. The Labute approximate surface area is 166 Å².